The summed E-state index contributed by atoms with van der Waals surface area (Å²) in [4.78, 5) is 27.9. The van der Waals surface area contributed by atoms with E-state index in [1.165, 1.54) is 6.92 Å². The highest BCUT2D eigenvalue weighted by Crippen LogP contribution is 2.37. The zero-order chi connectivity index (χ0) is 31.0. The number of anilines is 1. The second-order valence-corrected chi connectivity index (χ2v) is 17.7. The number of carbonyl (C=O) groups is 1. The molecule has 2 fully saturated rings. The predicted octanol–water partition coefficient (Wildman–Crippen LogP) is 5.29. The molecule has 4 rings (SSSR count). The van der Waals surface area contributed by atoms with E-state index in [0.717, 1.165) is 25.0 Å². The molecule has 2 aliphatic rings. The van der Waals surface area contributed by atoms with Crippen molar-refractivity contribution in [1.29, 1.82) is 0 Å². The molecule has 0 aliphatic carbocycles. The van der Waals surface area contributed by atoms with Crippen molar-refractivity contribution >= 4 is 25.9 Å². The van der Waals surface area contributed by atoms with Crippen LogP contribution >= 0.6 is 0 Å². The molecule has 3 heterocycles. The van der Waals surface area contributed by atoms with Crippen LogP contribution in [0.1, 0.15) is 52.5 Å². The van der Waals surface area contributed by atoms with Crippen molar-refractivity contribution in [2.24, 2.45) is 11.1 Å². The van der Waals surface area contributed by atoms with Crippen molar-refractivity contribution < 1.29 is 27.9 Å². The SMILES string of the molecule is CC(=O)NCC(CON=C1CN(c2ncc(-c3cccc(CO[Si](C)(C)C(C)(C)C)c3F)cn2)C1)COC1CCCCO1. The number of hydrogen-bond acceptors (Lipinski definition) is 9. The molecular weight excluding hydrogens is 569 g/mol. The molecule has 2 aromatic rings. The third-order valence-electron chi connectivity index (χ3n) is 8.25. The van der Waals surface area contributed by atoms with E-state index >= 15 is 4.39 Å². The monoisotopic (exact) mass is 615 g/mol. The minimum atomic E-state index is -2.00. The van der Waals surface area contributed by atoms with Crippen molar-refractivity contribution in [3.8, 4) is 11.1 Å². The molecule has 12 heteroatoms. The number of halogens is 1. The molecule has 1 aromatic carbocycles. The molecule has 1 amide bonds. The molecule has 10 nitrogen and oxygen atoms in total. The number of ether oxygens (including phenoxy) is 2. The summed E-state index contributed by atoms with van der Waals surface area (Å²) >= 11 is 0. The van der Waals surface area contributed by atoms with Gasteiger partial charge in [0.2, 0.25) is 11.9 Å². The standard InChI is InChI=1S/C31H46FN5O5Si/c1-22(38)33-14-23(19-40-28-12-7-8-13-39-28)20-41-36-26-17-37(18-26)30-34-15-25(16-35-30)27-11-9-10-24(29(27)32)21-42-43(5,6)31(2,3)4/h9-11,15-16,23,28H,7-8,12-14,17-21H2,1-6H3,(H,33,38). The molecule has 0 spiro atoms. The quantitative estimate of drug-likeness (QED) is 0.239. The first-order chi connectivity index (χ1) is 20.4. The van der Waals surface area contributed by atoms with E-state index in [0.29, 0.717) is 62.1 Å². The first kappa shape index (κ1) is 33.0. The largest absolute Gasteiger partial charge is 0.412 e. The highest BCUT2D eigenvalue weighted by atomic mass is 28.4. The summed E-state index contributed by atoms with van der Waals surface area (Å²) in [6.45, 7) is 15.5. The average Bonchev–Trinajstić information content (AvgIpc) is 2.95. The van der Waals surface area contributed by atoms with Crippen LogP contribution in [0.3, 0.4) is 0 Å². The lowest BCUT2D eigenvalue weighted by molar-refractivity contribution is -0.171. The second kappa shape index (κ2) is 14.7. The van der Waals surface area contributed by atoms with Gasteiger partial charge in [-0.1, -0.05) is 44.1 Å². The zero-order valence-electron chi connectivity index (χ0n) is 26.3. The van der Waals surface area contributed by atoms with E-state index in [1.54, 1.807) is 24.5 Å². The van der Waals surface area contributed by atoms with Gasteiger partial charge in [-0.3, -0.25) is 4.79 Å². The Hall–Kier alpha value is -2.93. The Morgan fingerprint density at radius 2 is 1.95 bits per heavy atom. The lowest BCUT2D eigenvalue weighted by Gasteiger charge is -2.36. The second-order valence-electron chi connectivity index (χ2n) is 12.8. The van der Waals surface area contributed by atoms with Gasteiger partial charge in [0.15, 0.2) is 14.6 Å². The highest BCUT2D eigenvalue weighted by Gasteiger charge is 2.37. The normalized spacial score (nSPS) is 18.2. The minimum Gasteiger partial charge on any atom is -0.412 e. The number of oxime groups is 1. The van der Waals surface area contributed by atoms with Gasteiger partial charge in [-0.2, -0.15) is 0 Å². The Labute approximate surface area is 255 Å². The van der Waals surface area contributed by atoms with Gasteiger partial charge < -0.3 is 29.0 Å². The molecule has 2 aliphatic heterocycles. The van der Waals surface area contributed by atoms with Gasteiger partial charge in [0.1, 0.15) is 12.4 Å². The number of hydrogen-bond donors (Lipinski definition) is 1. The molecule has 2 unspecified atom stereocenters. The summed E-state index contributed by atoms with van der Waals surface area (Å²) in [7, 11) is -2.00. The lowest BCUT2D eigenvalue weighted by Crippen LogP contribution is -2.48. The van der Waals surface area contributed by atoms with Gasteiger partial charge in [-0.15, -0.1) is 0 Å². The number of amides is 1. The van der Waals surface area contributed by atoms with Crippen LogP contribution < -0.4 is 10.2 Å². The smallest absolute Gasteiger partial charge is 0.225 e. The van der Waals surface area contributed by atoms with Gasteiger partial charge >= 0.3 is 0 Å². The topological polar surface area (TPSA) is 107 Å². The molecule has 1 N–H and O–H groups in total. The Morgan fingerprint density at radius 1 is 1.21 bits per heavy atom. The van der Waals surface area contributed by atoms with Crippen LogP contribution in [0.25, 0.3) is 11.1 Å². The Morgan fingerprint density at radius 3 is 2.60 bits per heavy atom. The minimum absolute atomic E-state index is 0.0490. The van der Waals surface area contributed by atoms with E-state index in [2.05, 4.69) is 54.3 Å². The number of nitrogens with zero attached hydrogens (tertiary/aromatic N) is 4. The maximum absolute atomic E-state index is 15.4. The fourth-order valence-electron chi connectivity index (χ4n) is 4.38. The van der Waals surface area contributed by atoms with Crippen molar-refractivity contribution in [2.45, 2.75) is 78.0 Å². The van der Waals surface area contributed by atoms with Crippen LogP contribution in [0, 0.1) is 11.7 Å². The molecule has 2 atom stereocenters. The summed E-state index contributed by atoms with van der Waals surface area (Å²) in [6.07, 6.45) is 6.12. The number of carbonyl (C=O) groups excluding carboxylic acids is 1. The fourth-order valence-corrected chi connectivity index (χ4v) is 5.33. The zero-order valence-corrected chi connectivity index (χ0v) is 27.3. The third-order valence-corrected chi connectivity index (χ3v) is 12.7. The number of rotatable bonds is 13. The summed E-state index contributed by atoms with van der Waals surface area (Å²) < 4.78 is 33.2. The Bertz CT molecular complexity index is 1240. The van der Waals surface area contributed by atoms with E-state index < -0.39 is 8.32 Å². The fraction of sp³-hybridized carbons (Fsp3) is 0.613. The molecule has 43 heavy (non-hydrogen) atoms. The molecule has 0 bridgehead atoms. The van der Waals surface area contributed by atoms with Gasteiger partial charge in [0, 0.05) is 55.1 Å². The summed E-state index contributed by atoms with van der Waals surface area (Å²) in [5.74, 6) is 0.0897. The van der Waals surface area contributed by atoms with Gasteiger partial charge in [0.05, 0.1) is 32.0 Å². The molecule has 236 valence electrons. The first-order valence-corrected chi connectivity index (χ1v) is 18.0. The van der Waals surface area contributed by atoms with Crippen molar-refractivity contribution in [3.05, 3.63) is 42.0 Å². The Balaban J connectivity index is 1.27. The van der Waals surface area contributed by atoms with E-state index in [9.17, 15) is 4.79 Å². The predicted molar refractivity (Wildman–Crippen MR) is 167 cm³/mol. The maximum Gasteiger partial charge on any atom is 0.225 e. The highest BCUT2D eigenvalue weighted by molar-refractivity contribution is 6.74. The van der Waals surface area contributed by atoms with E-state index in [-0.39, 0.29) is 35.6 Å². The van der Waals surface area contributed by atoms with Crippen molar-refractivity contribution in [3.63, 3.8) is 0 Å². The van der Waals surface area contributed by atoms with Crippen LogP contribution in [-0.2, 0) is 30.1 Å². The molecule has 1 aromatic heterocycles. The van der Waals surface area contributed by atoms with Crippen molar-refractivity contribution in [1.82, 2.24) is 15.3 Å². The van der Waals surface area contributed by atoms with Gasteiger partial charge in [0.25, 0.3) is 0 Å². The maximum atomic E-state index is 15.4. The van der Waals surface area contributed by atoms with Crippen LogP contribution in [-0.4, -0.2) is 75.6 Å². The summed E-state index contributed by atoms with van der Waals surface area (Å²) in [5, 5.41) is 7.14. The van der Waals surface area contributed by atoms with Gasteiger partial charge in [-0.05, 0) is 37.4 Å². The van der Waals surface area contributed by atoms with E-state index in [4.69, 9.17) is 18.7 Å². The van der Waals surface area contributed by atoms with Crippen LogP contribution in [0.5, 0.6) is 0 Å². The molecular formula is C31H46FN5O5Si. The lowest BCUT2D eigenvalue weighted by atomic mass is 10.1. The molecule has 0 saturated carbocycles. The number of benzene rings is 1. The molecule has 0 radical (unpaired) electrons. The number of aromatic nitrogens is 2. The first-order valence-electron chi connectivity index (χ1n) is 15.1. The van der Waals surface area contributed by atoms with Crippen molar-refractivity contribution in [2.75, 3.05) is 44.4 Å². The summed E-state index contributed by atoms with van der Waals surface area (Å²) in [5.41, 5.74) is 2.46. The van der Waals surface area contributed by atoms with Gasteiger partial charge in [-0.25, -0.2) is 14.4 Å². The van der Waals surface area contributed by atoms with Crippen LogP contribution in [0.2, 0.25) is 18.1 Å². The molecule has 2 saturated heterocycles. The Kier molecular flexibility index (Phi) is 11.3. The number of nitrogens with one attached hydrogen (secondary N) is 1. The average molecular weight is 616 g/mol. The summed E-state index contributed by atoms with van der Waals surface area (Å²) in [6, 6.07) is 5.34. The van der Waals surface area contributed by atoms with E-state index in [1.807, 2.05) is 11.0 Å². The van der Waals surface area contributed by atoms with Crippen LogP contribution in [0.4, 0.5) is 10.3 Å². The third kappa shape index (κ3) is 9.28. The van der Waals surface area contributed by atoms with Crippen LogP contribution in [0.15, 0.2) is 35.7 Å².